The SMILES string of the molecule is CB(O)c1cc2c3c(c1)CCCC3CCC2. The lowest BCUT2D eigenvalue weighted by molar-refractivity contribution is 0.477. The van der Waals surface area contributed by atoms with Gasteiger partial charge in [-0.05, 0) is 66.6 Å². The van der Waals surface area contributed by atoms with Gasteiger partial charge in [0.05, 0.1) is 0 Å². The Morgan fingerprint density at radius 1 is 1.12 bits per heavy atom. The molecule has 0 spiro atoms. The second kappa shape index (κ2) is 3.92. The second-order valence-corrected chi connectivity index (χ2v) is 5.41. The first kappa shape index (κ1) is 10.4. The molecule has 0 heterocycles. The summed E-state index contributed by atoms with van der Waals surface area (Å²) in [7, 11) is 0. The Kier molecular flexibility index (Phi) is 2.55. The lowest BCUT2D eigenvalue weighted by atomic mass is 9.61. The lowest BCUT2D eigenvalue weighted by Crippen LogP contribution is -2.30. The Morgan fingerprint density at radius 3 is 2.19 bits per heavy atom. The highest BCUT2D eigenvalue weighted by molar-refractivity contribution is 6.64. The molecule has 0 aromatic heterocycles. The summed E-state index contributed by atoms with van der Waals surface area (Å²) in [6.07, 6.45) is 7.88. The summed E-state index contributed by atoms with van der Waals surface area (Å²) in [4.78, 5) is 0. The van der Waals surface area contributed by atoms with Gasteiger partial charge in [-0.1, -0.05) is 19.0 Å². The minimum Gasteiger partial charge on any atom is -0.447 e. The van der Waals surface area contributed by atoms with Crippen LogP contribution in [-0.4, -0.2) is 11.9 Å². The second-order valence-electron chi connectivity index (χ2n) is 5.41. The summed E-state index contributed by atoms with van der Waals surface area (Å²) in [5, 5.41) is 9.73. The van der Waals surface area contributed by atoms with Crippen molar-refractivity contribution in [2.24, 2.45) is 0 Å². The van der Waals surface area contributed by atoms with Crippen LogP contribution in [0.3, 0.4) is 0 Å². The van der Waals surface area contributed by atoms with E-state index in [4.69, 9.17) is 0 Å². The molecule has 1 aromatic rings. The third-order valence-electron chi connectivity index (χ3n) is 4.26. The molecule has 0 radical (unpaired) electrons. The molecule has 84 valence electrons. The lowest BCUT2D eigenvalue weighted by Gasteiger charge is -2.32. The van der Waals surface area contributed by atoms with Crippen LogP contribution < -0.4 is 5.46 Å². The van der Waals surface area contributed by atoms with E-state index in [2.05, 4.69) is 12.1 Å². The van der Waals surface area contributed by atoms with E-state index in [0.717, 1.165) is 11.4 Å². The highest BCUT2D eigenvalue weighted by Crippen LogP contribution is 2.40. The Morgan fingerprint density at radius 2 is 1.69 bits per heavy atom. The van der Waals surface area contributed by atoms with E-state index in [1.165, 1.54) is 49.7 Å². The van der Waals surface area contributed by atoms with E-state index < -0.39 is 0 Å². The van der Waals surface area contributed by atoms with Crippen molar-refractivity contribution in [1.29, 1.82) is 0 Å². The summed E-state index contributed by atoms with van der Waals surface area (Å²) in [5.74, 6) is 0.829. The predicted molar refractivity (Wildman–Crippen MR) is 68.5 cm³/mol. The maximum atomic E-state index is 9.73. The molecule has 16 heavy (non-hydrogen) atoms. The van der Waals surface area contributed by atoms with Gasteiger partial charge in [-0.2, -0.15) is 0 Å². The summed E-state index contributed by atoms with van der Waals surface area (Å²) in [6.45, 7) is 1.56. The van der Waals surface area contributed by atoms with Crippen LogP contribution in [0.25, 0.3) is 0 Å². The van der Waals surface area contributed by atoms with Gasteiger partial charge in [0.2, 0.25) is 0 Å². The van der Waals surface area contributed by atoms with E-state index in [1.807, 2.05) is 6.82 Å². The van der Waals surface area contributed by atoms with Crippen molar-refractivity contribution in [3.63, 3.8) is 0 Å². The molecule has 0 aliphatic heterocycles. The summed E-state index contributed by atoms with van der Waals surface area (Å²) in [6, 6.07) is 4.50. The topological polar surface area (TPSA) is 20.2 Å². The van der Waals surface area contributed by atoms with Crippen LogP contribution in [0.5, 0.6) is 0 Å². The van der Waals surface area contributed by atoms with E-state index in [9.17, 15) is 5.02 Å². The average molecular weight is 214 g/mol. The van der Waals surface area contributed by atoms with Crippen molar-refractivity contribution < 1.29 is 5.02 Å². The minimum absolute atomic E-state index is 0.316. The van der Waals surface area contributed by atoms with Gasteiger partial charge in [0, 0.05) is 0 Å². The van der Waals surface area contributed by atoms with Crippen LogP contribution in [0, 0.1) is 0 Å². The van der Waals surface area contributed by atoms with Crippen LogP contribution in [0.4, 0.5) is 0 Å². The maximum absolute atomic E-state index is 9.73. The molecule has 0 fully saturated rings. The molecule has 3 rings (SSSR count). The maximum Gasteiger partial charge on any atom is 0.320 e. The van der Waals surface area contributed by atoms with Crippen LogP contribution in [0.15, 0.2) is 12.1 Å². The van der Waals surface area contributed by atoms with Crippen LogP contribution >= 0.6 is 0 Å². The minimum atomic E-state index is -0.316. The fraction of sp³-hybridized carbons (Fsp3) is 0.571. The van der Waals surface area contributed by atoms with Gasteiger partial charge in [0.25, 0.3) is 0 Å². The Hall–Kier alpha value is -0.755. The van der Waals surface area contributed by atoms with Crippen LogP contribution in [-0.2, 0) is 12.8 Å². The molecule has 1 nitrogen and oxygen atoms in total. The first-order valence-corrected chi connectivity index (χ1v) is 6.59. The molecule has 0 saturated carbocycles. The van der Waals surface area contributed by atoms with Gasteiger partial charge in [0.15, 0.2) is 0 Å². The van der Waals surface area contributed by atoms with Crippen molar-refractivity contribution >= 4 is 12.4 Å². The Labute approximate surface area is 98.0 Å². The number of benzene rings is 1. The fourth-order valence-electron chi connectivity index (χ4n) is 3.50. The molecular formula is C14H19BO. The number of hydrogen-bond acceptors (Lipinski definition) is 1. The van der Waals surface area contributed by atoms with Gasteiger partial charge in [-0.25, -0.2) is 0 Å². The van der Waals surface area contributed by atoms with E-state index >= 15 is 0 Å². The smallest absolute Gasteiger partial charge is 0.320 e. The highest BCUT2D eigenvalue weighted by Gasteiger charge is 2.27. The standard InChI is InChI=1S/C14H19BO/c1-15(16)13-8-11-6-2-4-10-5-3-7-12(9-13)14(10)11/h8-10,16H,2-7H2,1H3. The van der Waals surface area contributed by atoms with Crippen molar-refractivity contribution in [3.8, 4) is 0 Å². The number of rotatable bonds is 1. The van der Waals surface area contributed by atoms with Crippen molar-refractivity contribution in [2.75, 3.05) is 0 Å². The van der Waals surface area contributed by atoms with Crippen molar-refractivity contribution in [3.05, 3.63) is 28.8 Å². The third kappa shape index (κ3) is 1.60. The summed E-state index contributed by atoms with van der Waals surface area (Å²) in [5.41, 5.74) is 5.84. The van der Waals surface area contributed by atoms with Gasteiger partial charge in [-0.15, -0.1) is 0 Å². The molecule has 2 aliphatic carbocycles. The molecule has 0 atom stereocenters. The average Bonchev–Trinajstić information content (AvgIpc) is 2.29. The highest BCUT2D eigenvalue weighted by atomic mass is 16.2. The van der Waals surface area contributed by atoms with E-state index in [0.29, 0.717) is 0 Å². The van der Waals surface area contributed by atoms with Crippen LogP contribution in [0.2, 0.25) is 6.82 Å². The molecule has 1 aromatic carbocycles. The largest absolute Gasteiger partial charge is 0.447 e. The monoisotopic (exact) mass is 214 g/mol. The number of hydrogen-bond donors (Lipinski definition) is 1. The molecule has 0 saturated heterocycles. The zero-order valence-electron chi connectivity index (χ0n) is 10.00. The molecule has 1 N–H and O–H groups in total. The van der Waals surface area contributed by atoms with Gasteiger partial charge in [0.1, 0.15) is 0 Å². The van der Waals surface area contributed by atoms with Crippen LogP contribution in [0.1, 0.15) is 48.3 Å². The zero-order valence-corrected chi connectivity index (χ0v) is 10.00. The van der Waals surface area contributed by atoms with Crippen molar-refractivity contribution in [2.45, 2.75) is 51.3 Å². The number of aryl methyl sites for hydroxylation is 2. The van der Waals surface area contributed by atoms with E-state index in [1.54, 1.807) is 5.56 Å². The summed E-state index contributed by atoms with van der Waals surface area (Å²) >= 11 is 0. The molecule has 0 amide bonds. The first-order chi connectivity index (χ1) is 7.75. The molecule has 0 bridgehead atoms. The molecular weight excluding hydrogens is 195 g/mol. The normalized spacial score (nSPS) is 19.4. The Balaban J connectivity index is 2.13. The van der Waals surface area contributed by atoms with Gasteiger partial charge >= 0.3 is 6.92 Å². The molecule has 2 heteroatoms. The summed E-state index contributed by atoms with van der Waals surface area (Å²) < 4.78 is 0. The first-order valence-electron chi connectivity index (χ1n) is 6.59. The van der Waals surface area contributed by atoms with Crippen molar-refractivity contribution in [1.82, 2.24) is 0 Å². The zero-order chi connectivity index (χ0) is 11.1. The van der Waals surface area contributed by atoms with E-state index in [-0.39, 0.29) is 6.92 Å². The fourth-order valence-corrected chi connectivity index (χ4v) is 3.50. The van der Waals surface area contributed by atoms with Gasteiger partial charge < -0.3 is 5.02 Å². The van der Waals surface area contributed by atoms with Gasteiger partial charge in [-0.3, -0.25) is 0 Å². The molecule has 2 aliphatic rings. The molecule has 0 unspecified atom stereocenters. The predicted octanol–water partition coefficient (Wildman–Crippen LogP) is 2.26. The Bertz CT molecular complexity index is 380. The third-order valence-corrected chi connectivity index (χ3v) is 4.26. The quantitative estimate of drug-likeness (QED) is 0.711.